The smallest absolute Gasteiger partial charge is 0.141 e. The summed E-state index contributed by atoms with van der Waals surface area (Å²) < 4.78 is 5.69. The lowest BCUT2D eigenvalue weighted by molar-refractivity contribution is 0.315. The normalized spacial score (nSPS) is 11.9. The Balaban J connectivity index is 0.00000289. The first-order valence-electron chi connectivity index (χ1n) is 6.14. The molecule has 0 amide bonds. The van der Waals surface area contributed by atoms with Crippen LogP contribution < -0.4 is 10.5 Å². The summed E-state index contributed by atoms with van der Waals surface area (Å²) in [7, 11) is 0. The van der Waals surface area contributed by atoms with Crippen LogP contribution in [0.3, 0.4) is 0 Å². The quantitative estimate of drug-likeness (QED) is 0.888. The van der Waals surface area contributed by atoms with Crippen LogP contribution in [0.5, 0.6) is 5.75 Å². The number of halogens is 2. The van der Waals surface area contributed by atoms with Crippen LogP contribution in [0.25, 0.3) is 0 Å². The predicted molar refractivity (Wildman–Crippen MR) is 81.3 cm³/mol. The van der Waals surface area contributed by atoms with E-state index in [1.165, 1.54) is 5.56 Å². The first kappa shape index (κ1) is 17.6. The zero-order valence-electron chi connectivity index (χ0n) is 11.5. The molecular weight excluding hydrogens is 269 g/mol. The minimum absolute atomic E-state index is 0. The molecule has 1 aromatic carbocycles. The zero-order chi connectivity index (χ0) is 13.0. The summed E-state index contributed by atoms with van der Waals surface area (Å²) in [5, 5.41) is 0.731. The Morgan fingerprint density at radius 1 is 1.39 bits per heavy atom. The Labute approximate surface area is 121 Å². The van der Waals surface area contributed by atoms with E-state index < -0.39 is 0 Å². The summed E-state index contributed by atoms with van der Waals surface area (Å²) in [6.07, 6.45) is 1.83. The number of nitrogens with two attached hydrogens (primary N) is 1. The average Bonchev–Trinajstić information content (AvgIpc) is 2.25. The van der Waals surface area contributed by atoms with Gasteiger partial charge < -0.3 is 10.5 Å². The summed E-state index contributed by atoms with van der Waals surface area (Å²) in [6, 6.07) is 2.28. The minimum Gasteiger partial charge on any atom is -0.492 e. The Hall–Kier alpha value is -0.440. The Morgan fingerprint density at radius 3 is 2.50 bits per heavy atom. The van der Waals surface area contributed by atoms with Crippen molar-refractivity contribution in [3.05, 3.63) is 27.8 Å². The lowest BCUT2D eigenvalue weighted by atomic mass is 9.99. The molecule has 18 heavy (non-hydrogen) atoms. The predicted octanol–water partition coefficient (Wildman–Crippen LogP) is 4.06. The molecule has 2 nitrogen and oxygen atoms in total. The number of ether oxygens (including phenoxy) is 1. The van der Waals surface area contributed by atoms with Gasteiger partial charge in [0.15, 0.2) is 0 Å². The molecular formula is C14H23Cl2NO. The molecule has 0 saturated heterocycles. The first-order chi connectivity index (χ1) is 7.97. The van der Waals surface area contributed by atoms with Gasteiger partial charge >= 0.3 is 0 Å². The molecule has 0 fully saturated rings. The van der Waals surface area contributed by atoms with Crippen molar-refractivity contribution in [1.29, 1.82) is 0 Å². The van der Waals surface area contributed by atoms with E-state index in [-0.39, 0.29) is 18.4 Å². The monoisotopic (exact) mass is 291 g/mol. The number of rotatable bonds is 5. The molecule has 0 bridgehead atoms. The molecule has 0 aliphatic heterocycles. The third kappa shape index (κ3) is 4.34. The number of hydrogen-bond donors (Lipinski definition) is 1. The van der Waals surface area contributed by atoms with Crippen molar-refractivity contribution in [2.45, 2.75) is 46.6 Å². The SMILES string of the molecule is CCCOc1c(C)cc(CC(C)N)c(C)c1Cl.Cl. The van der Waals surface area contributed by atoms with Gasteiger partial charge in [0, 0.05) is 6.04 Å². The highest BCUT2D eigenvalue weighted by Crippen LogP contribution is 2.34. The van der Waals surface area contributed by atoms with E-state index in [9.17, 15) is 0 Å². The summed E-state index contributed by atoms with van der Waals surface area (Å²) >= 11 is 6.36. The van der Waals surface area contributed by atoms with Gasteiger partial charge in [0.25, 0.3) is 0 Å². The highest BCUT2D eigenvalue weighted by molar-refractivity contribution is 6.33. The van der Waals surface area contributed by atoms with Crippen LogP contribution in [0, 0.1) is 13.8 Å². The molecule has 2 N–H and O–H groups in total. The van der Waals surface area contributed by atoms with Crippen LogP contribution in [0.15, 0.2) is 6.07 Å². The number of hydrogen-bond acceptors (Lipinski definition) is 2. The van der Waals surface area contributed by atoms with Crippen LogP contribution in [0.4, 0.5) is 0 Å². The lowest BCUT2D eigenvalue weighted by Gasteiger charge is -2.17. The summed E-state index contributed by atoms with van der Waals surface area (Å²) in [5.74, 6) is 0.819. The maximum atomic E-state index is 6.36. The third-order valence-corrected chi connectivity index (χ3v) is 3.21. The van der Waals surface area contributed by atoms with Crippen molar-refractivity contribution < 1.29 is 4.74 Å². The fraction of sp³-hybridized carbons (Fsp3) is 0.571. The molecule has 0 spiro atoms. The van der Waals surface area contributed by atoms with Gasteiger partial charge in [-0.3, -0.25) is 0 Å². The maximum Gasteiger partial charge on any atom is 0.141 e. The molecule has 0 aromatic heterocycles. The first-order valence-corrected chi connectivity index (χ1v) is 6.52. The molecule has 1 atom stereocenters. The zero-order valence-corrected chi connectivity index (χ0v) is 13.1. The number of benzene rings is 1. The van der Waals surface area contributed by atoms with Crippen LogP contribution in [-0.2, 0) is 6.42 Å². The third-order valence-electron chi connectivity index (χ3n) is 2.75. The molecule has 1 rings (SSSR count). The minimum atomic E-state index is 0. The van der Waals surface area contributed by atoms with Gasteiger partial charge in [0.1, 0.15) is 5.75 Å². The van der Waals surface area contributed by atoms with Gasteiger partial charge in [-0.2, -0.15) is 0 Å². The van der Waals surface area contributed by atoms with Gasteiger partial charge in [-0.1, -0.05) is 24.6 Å². The molecule has 0 heterocycles. The molecule has 0 aliphatic rings. The topological polar surface area (TPSA) is 35.2 Å². The Bertz CT molecular complexity index is 392. The van der Waals surface area contributed by atoms with Gasteiger partial charge in [-0.05, 0) is 50.3 Å². The van der Waals surface area contributed by atoms with Gasteiger partial charge in [0.2, 0.25) is 0 Å². The largest absolute Gasteiger partial charge is 0.492 e. The van der Waals surface area contributed by atoms with E-state index in [4.69, 9.17) is 22.1 Å². The molecule has 4 heteroatoms. The molecule has 0 radical (unpaired) electrons. The van der Waals surface area contributed by atoms with E-state index in [1.807, 2.05) is 20.8 Å². The number of aryl methyl sites for hydroxylation is 1. The molecule has 104 valence electrons. The highest BCUT2D eigenvalue weighted by atomic mass is 35.5. The highest BCUT2D eigenvalue weighted by Gasteiger charge is 2.13. The Kier molecular flexibility index (Phi) is 7.69. The molecule has 1 unspecified atom stereocenters. The van der Waals surface area contributed by atoms with Crippen molar-refractivity contribution >= 4 is 24.0 Å². The van der Waals surface area contributed by atoms with Crippen molar-refractivity contribution in [3.8, 4) is 5.75 Å². The van der Waals surface area contributed by atoms with Crippen LogP contribution in [0.1, 0.15) is 37.0 Å². The second-order valence-corrected chi connectivity index (χ2v) is 5.03. The van der Waals surface area contributed by atoms with Crippen LogP contribution in [0.2, 0.25) is 5.02 Å². The second-order valence-electron chi connectivity index (χ2n) is 4.65. The summed E-state index contributed by atoms with van der Waals surface area (Å²) in [6.45, 7) is 8.84. The maximum absolute atomic E-state index is 6.36. The van der Waals surface area contributed by atoms with E-state index in [2.05, 4.69) is 13.0 Å². The second kappa shape index (κ2) is 7.88. The molecule has 0 saturated carbocycles. The van der Waals surface area contributed by atoms with Crippen molar-refractivity contribution in [2.75, 3.05) is 6.61 Å². The van der Waals surface area contributed by atoms with Crippen LogP contribution in [-0.4, -0.2) is 12.6 Å². The van der Waals surface area contributed by atoms with Crippen LogP contribution >= 0.6 is 24.0 Å². The van der Waals surface area contributed by atoms with E-state index in [0.717, 1.165) is 34.7 Å². The van der Waals surface area contributed by atoms with Gasteiger partial charge in [0.05, 0.1) is 11.6 Å². The van der Waals surface area contributed by atoms with Crippen molar-refractivity contribution in [1.82, 2.24) is 0 Å². The van der Waals surface area contributed by atoms with E-state index >= 15 is 0 Å². The molecule has 0 aliphatic carbocycles. The van der Waals surface area contributed by atoms with Gasteiger partial charge in [-0.25, -0.2) is 0 Å². The fourth-order valence-electron chi connectivity index (χ4n) is 1.86. The lowest BCUT2D eigenvalue weighted by Crippen LogP contribution is -2.18. The standard InChI is InChI=1S/C14H22ClNO.ClH/c1-5-6-17-14-9(2)7-12(8-10(3)16)11(4)13(14)15;/h7,10H,5-6,8,16H2,1-4H3;1H. The average molecular weight is 292 g/mol. The van der Waals surface area contributed by atoms with Gasteiger partial charge in [-0.15, -0.1) is 12.4 Å². The van der Waals surface area contributed by atoms with E-state index in [0.29, 0.717) is 6.61 Å². The Morgan fingerprint density at radius 2 is 2.00 bits per heavy atom. The van der Waals surface area contributed by atoms with Crippen molar-refractivity contribution in [3.63, 3.8) is 0 Å². The fourth-order valence-corrected chi connectivity index (χ4v) is 2.18. The van der Waals surface area contributed by atoms with E-state index in [1.54, 1.807) is 0 Å². The summed E-state index contributed by atoms with van der Waals surface area (Å²) in [5.41, 5.74) is 9.22. The van der Waals surface area contributed by atoms with Crippen molar-refractivity contribution in [2.24, 2.45) is 5.73 Å². The summed E-state index contributed by atoms with van der Waals surface area (Å²) in [4.78, 5) is 0. The molecule has 1 aromatic rings.